The summed E-state index contributed by atoms with van der Waals surface area (Å²) in [4.78, 5) is 16.9. The van der Waals surface area contributed by atoms with Crippen LogP contribution in [0.4, 0.5) is 26.2 Å². The molecule has 1 N–H and O–H groups in total. The minimum Gasteiger partial charge on any atom is -0.378 e. The first-order chi connectivity index (χ1) is 14.5. The highest BCUT2D eigenvalue weighted by Crippen LogP contribution is 2.28. The van der Waals surface area contributed by atoms with Crippen molar-refractivity contribution in [2.75, 3.05) is 29.2 Å². The van der Waals surface area contributed by atoms with E-state index >= 15 is 0 Å². The number of amides is 2. The largest absolute Gasteiger partial charge is 0.378 e. The number of carbonyl (C=O) groups is 1. The van der Waals surface area contributed by atoms with Crippen LogP contribution in [0, 0.1) is 5.82 Å². The fourth-order valence-corrected chi connectivity index (χ4v) is 3.83. The summed E-state index contributed by atoms with van der Waals surface area (Å²) in [5.74, 6) is -0.449. The smallest absolute Gasteiger partial charge is 0.326 e. The zero-order valence-corrected chi connectivity index (χ0v) is 17.4. The van der Waals surface area contributed by atoms with Gasteiger partial charge < -0.3 is 10.2 Å². The normalized spacial score (nSPS) is 12.4. The molecule has 0 fully saturated rings. The number of fused-ring (bicyclic) bond motifs is 1. The van der Waals surface area contributed by atoms with E-state index in [1.54, 1.807) is 23.1 Å². The molecule has 0 radical (unpaired) electrons. The second-order valence-electron chi connectivity index (χ2n) is 7.86. The van der Waals surface area contributed by atoms with Gasteiger partial charge in [-0.15, -0.1) is 0 Å². The van der Waals surface area contributed by atoms with E-state index in [0.29, 0.717) is 6.54 Å². The van der Waals surface area contributed by atoms with Crippen LogP contribution in [0.5, 0.6) is 0 Å². The predicted octanol–water partition coefficient (Wildman–Crippen LogP) is 5.62. The molecule has 0 bridgehead atoms. The monoisotopic (exact) mass is 403 g/mol. The second-order valence-corrected chi connectivity index (χ2v) is 7.86. The van der Waals surface area contributed by atoms with Crippen molar-refractivity contribution in [3.8, 4) is 0 Å². The van der Waals surface area contributed by atoms with Crippen LogP contribution in [0.25, 0.3) is 0 Å². The lowest BCUT2D eigenvalue weighted by molar-refractivity contribution is 0.256. The van der Waals surface area contributed by atoms with E-state index in [1.807, 2.05) is 49.3 Å². The summed E-state index contributed by atoms with van der Waals surface area (Å²) < 4.78 is 14.1. The van der Waals surface area contributed by atoms with Crippen LogP contribution in [0.1, 0.15) is 23.1 Å². The number of rotatable bonds is 5. The molecule has 0 aliphatic heterocycles. The molecule has 5 heteroatoms. The van der Waals surface area contributed by atoms with Gasteiger partial charge in [-0.25, -0.2) is 9.18 Å². The number of carbonyl (C=O) groups excluding carboxylic acids is 1. The Labute approximate surface area is 176 Å². The number of aryl methyl sites for hydroxylation is 2. The molecule has 0 unspecified atom stereocenters. The minimum absolute atomic E-state index is 0.177. The third-order valence-electron chi connectivity index (χ3n) is 5.55. The van der Waals surface area contributed by atoms with Gasteiger partial charge in [0.05, 0.1) is 12.2 Å². The summed E-state index contributed by atoms with van der Waals surface area (Å²) >= 11 is 0. The molecule has 4 rings (SSSR count). The van der Waals surface area contributed by atoms with Crippen LogP contribution in [0.2, 0.25) is 0 Å². The van der Waals surface area contributed by atoms with E-state index in [4.69, 9.17) is 0 Å². The maximum atomic E-state index is 14.1. The highest BCUT2D eigenvalue weighted by Gasteiger charge is 2.20. The lowest BCUT2D eigenvalue weighted by atomic mass is 10.1. The van der Waals surface area contributed by atoms with Crippen molar-refractivity contribution in [2.24, 2.45) is 0 Å². The number of para-hydroxylation sites is 1. The number of urea groups is 1. The number of nitrogens with zero attached hydrogens (tertiary/aromatic N) is 2. The van der Waals surface area contributed by atoms with Crippen molar-refractivity contribution in [3.05, 3.63) is 89.2 Å². The Hall–Kier alpha value is -3.34. The molecule has 0 heterocycles. The quantitative estimate of drug-likeness (QED) is 0.600. The van der Waals surface area contributed by atoms with Crippen molar-refractivity contribution in [1.29, 1.82) is 0 Å². The Morgan fingerprint density at radius 1 is 0.933 bits per heavy atom. The Morgan fingerprint density at radius 3 is 2.37 bits per heavy atom. The fourth-order valence-electron chi connectivity index (χ4n) is 3.83. The summed E-state index contributed by atoms with van der Waals surface area (Å²) in [5, 5.41) is 2.73. The van der Waals surface area contributed by atoms with Crippen LogP contribution >= 0.6 is 0 Å². The molecule has 2 amide bonds. The average molecular weight is 404 g/mol. The lowest BCUT2D eigenvalue weighted by Crippen LogP contribution is -2.34. The number of hydrogen-bond acceptors (Lipinski definition) is 2. The van der Waals surface area contributed by atoms with Gasteiger partial charge in [0.15, 0.2) is 0 Å². The fraction of sp³-hybridized carbons (Fsp3) is 0.240. The SMILES string of the molecule is CN(C)c1ccc(CN(C(=O)Nc2ccccc2F)c2ccc3c(c2)CCC3)cc1. The van der Waals surface area contributed by atoms with Crippen LogP contribution in [0.3, 0.4) is 0 Å². The third kappa shape index (κ3) is 4.30. The summed E-state index contributed by atoms with van der Waals surface area (Å²) in [6.45, 7) is 0.396. The number of benzene rings is 3. The number of nitrogens with one attached hydrogen (secondary N) is 1. The zero-order chi connectivity index (χ0) is 21.1. The van der Waals surface area contributed by atoms with Crippen molar-refractivity contribution in [2.45, 2.75) is 25.8 Å². The molecule has 154 valence electrons. The lowest BCUT2D eigenvalue weighted by Gasteiger charge is -2.25. The predicted molar refractivity (Wildman–Crippen MR) is 121 cm³/mol. The summed E-state index contributed by atoms with van der Waals surface area (Å²) in [6, 6.07) is 20.2. The van der Waals surface area contributed by atoms with Crippen molar-refractivity contribution < 1.29 is 9.18 Å². The van der Waals surface area contributed by atoms with Crippen LogP contribution < -0.4 is 15.1 Å². The molecule has 3 aromatic carbocycles. The maximum absolute atomic E-state index is 14.1. The topological polar surface area (TPSA) is 35.6 Å². The summed E-state index contributed by atoms with van der Waals surface area (Å²) in [6.07, 6.45) is 3.26. The molecular weight excluding hydrogens is 377 g/mol. The first kappa shape index (κ1) is 20.0. The Balaban J connectivity index is 1.63. The van der Waals surface area contributed by atoms with Gasteiger partial charge in [-0.05, 0) is 72.4 Å². The van der Waals surface area contributed by atoms with Gasteiger partial charge in [-0.1, -0.05) is 30.3 Å². The Bertz CT molecular complexity index is 1050. The van der Waals surface area contributed by atoms with E-state index in [2.05, 4.69) is 17.4 Å². The third-order valence-corrected chi connectivity index (χ3v) is 5.55. The molecular formula is C25H26FN3O. The van der Waals surface area contributed by atoms with Gasteiger partial charge in [0.1, 0.15) is 5.82 Å². The van der Waals surface area contributed by atoms with Crippen molar-refractivity contribution in [1.82, 2.24) is 0 Å². The van der Waals surface area contributed by atoms with Crippen molar-refractivity contribution in [3.63, 3.8) is 0 Å². The first-order valence-corrected chi connectivity index (χ1v) is 10.2. The Morgan fingerprint density at radius 2 is 1.63 bits per heavy atom. The van der Waals surface area contributed by atoms with Gasteiger partial charge in [-0.2, -0.15) is 0 Å². The van der Waals surface area contributed by atoms with Gasteiger partial charge in [0, 0.05) is 25.5 Å². The molecule has 0 saturated heterocycles. The van der Waals surface area contributed by atoms with E-state index in [9.17, 15) is 9.18 Å². The first-order valence-electron chi connectivity index (χ1n) is 10.2. The highest BCUT2D eigenvalue weighted by molar-refractivity contribution is 6.01. The maximum Gasteiger partial charge on any atom is 0.326 e. The van der Waals surface area contributed by atoms with Crippen LogP contribution in [-0.2, 0) is 19.4 Å². The standard InChI is InChI=1S/C25H26FN3O/c1-28(2)21-13-10-18(11-14-21)17-29(22-15-12-19-6-5-7-20(19)16-22)25(30)27-24-9-4-3-8-23(24)26/h3-4,8-16H,5-7,17H2,1-2H3,(H,27,30). The molecule has 1 aliphatic carbocycles. The number of hydrogen-bond donors (Lipinski definition) is 1. The van der Waals surface area contributed by atoms with E-state index in [0.717, 1.165) is 36.2 Å². The zero-order valence-electron chi connectivity index (χ0n) is 17.4. The average Bonchev–Trinajstić information content (AvgIpc) is 3.22. The van der Waals surface area contributed by atoms with E-state index in [1.165, 1.54) is 17.2 Å². The molecule has 0 spiro atoms. The highest BCUT2D eigenvalue weighted by atomic mass is 19.1. The molecule has 3 aromatic rings. The molecule has 30 heavy (non-hydrogen) atoms. The molecule has 1 aliphatic rings. The second kappa shape index (κ2) is 8.57. The van der Waals surface area contributed by atoms with Gasteiger partial charge in [0.2, 0.25) is 0 Å². The van der Waals surface area contributed by atoms with Crippen LogP contribution in [-0.4, -0.2) is 20.1 Å². The van der Waals surface area contributed by atoms with Gasteiger partial charge >= 0.3 is 6.03 Å². The minimum atomic E-state index is -0.449. The number of halogens is 1. The Kier molecular flexibility index (Phi) is 5.70. The van der Waals surface area contributed by atoms with Crippen molar-refractivity contribution >= 4 is 23.1 Å². The van der Waals surface area contributed by atoms with Gasteiger partial charge in [0.25, 0.3) is 0 Å². The molecule has 4 nitrogen and oxygen atoms in total. The van der Waals surface area contributed by atoms with E-state index < -0.39 is 5.82 Å². The van der Waals surface area contributed by atoms with Gasteiger partial charge in [-0.3, -0.25) is 4.90 Å². The summed E-state index contributed by atoms with van der Waals surface area (Å²) in [7, 11) is 3.99. The van der Waals surface area contributed by atoms with E-state index in [-0.39, 0.29) is 11.7 Å². The number of anilines is 3. The molecule has 0 atom stereocenters. The van der Waals surface area contributed by atoms with Crippen LogP contribution in [0.15, 0.2) is 66.7 Å². The molecule has 0 saturated carbocycles. The molecule has 0 aromatic heterocycles. The summed E-state index contributed by atoms with van der Waals surface area (Å²) in [5.41, 5.74) is 5.74.